The molecule has 0 aromatic carbocycles. The molecule has 0 aromatic rings. The Labute approximate surface area is 50.2 Å². The molecule has 0 fully saturated rings. The van der Waals surface area contributed by atoms with Crippen molar-refractivity contribution in [3.8, 4) is 0 Å². The van der Waals surface area contributed by atoms with Crippen LogP contribution in [0.2, 0.25) is 0 Å². The van der Waals surface area contributed by atoms with Gasteiger partial charge < -0.3 is 13.4 Å². The van der Waals surface area contributed by atoms with Gasteiger partial charge in [0.25, 0.3) is 0 Å². The molecule has 3 nitrogen and oxygen atoms in total. The van der Waals surface area contributed by atoms with Crippen molar-refractivity contribution in [3.05, 3.63) is 0 Å². The molecule has 0 aliphatic heterocycles. The van der Waals surface area contributed by atoms with Crippen LogP contribution < -0.4 is 5.40 Å². The Hall–Kier alpha value is 0.846. The van der Waals surface area contributed by atoms with E-state index in [0.29, 0.717) is 0 Å². The summed E-state index contributed by atoms with van der Waals surface area (Å²) < 4.78 is 1.32. The molecule has 0 rings (SSSR count). The summed E-state index contributed by atoms with van der Waals surface area (Å²) in [6.45, 7) is 0. The molecule has 0 bridgehead atoms. The van der Waals surface area contributed by atoms with E-state index >= 15 is 0 Å². The third kappa shape index (κ3) is 3.05. The van der Waals surface area contributed by atoms with Crippen LogP contribution in [0.3, 0.4) is 0 Å². The molecule has 3 N–H and O–H groups in total. The van der Waals surface area contributed by atoms with Gasteiger partial charge in [-0.05, 0) is 0 Å². The van der Waals surface area contributed by atoms with Gasteiger partial charge in [0.15, 0.2) is 0 Å². The molecule has 0 unspecified atom stereocenters. The number of rotatable bonds is 1. The van der Waals surface area contributed by atoms with E-state index in [0.717, 1.165) is 0 Å². The van der Waals surface area contributed by atoms with Gasteiger partial charge in [0, 0.05) is 0 Å². The lowest BCUT2D eigenvalue weighted by Gasteiger charge is -2.08. The first-order valence-electron chi connectivity index (χ1n) is 1.22. The Morgan fingerprint density at radius 3 is 2.17 bits per heavy atom. The topological polar surface area (TPSA) is 49.5 Å². The number of hydrogen-bond donors (Lipinski definition) is 2. The maximum atomic E-state index is 8.37. The third-order valence-electron chi connectivity index (χ3n) is 0.247. The zero-order valence-corrected chi connectivity index (χ0v) is 6.20. The van der Waals surface area contributed by atoms with Crippen LogP contribution >= 0.6 is 0 Å². The molecule has 0 saturated heterocycles. The van der Waals surface area contributed by atoms with Gasteiger partial charge in [0.1, 0.15) is 10.4 Å². The van der Waals surface area contributed by atoms with E-state index in [1.165, 1.54) is 3.21 Å². The van der Waals surface area contributed by atoms with Crippen LogP contribution in [0.15, 0.2) is 0 Å². The van der Waals surface area contributed by atoms with Crippen molar-refractivity contribution in [2.75, 3.05) is 0 Å². The highest BCUT2D eigenvalue weighted by molar-refractivity contribution is 6.59. The summed E-state index contributed by atoms with van der Waals surface area (Å²) in [5, 5.41) is 4.95. The molecule has 6 heteroatoms. The second kappa shape index (κ2) is 2.93. The molecular formula is H3AlN2OSi2. The zero-order chi connectivity index (χ0) is 5.15. The molecule has 0 aromatic heterocycles. The average molecular weight is 130 g/mol. The predicted octanol–water partition coefficient (Wildman–Crippen LogP) is -2.61. The van der Waals surface area contributed by atoms with Crippen LogP contribution in [0.1, 0.15) is 0 Å². The predicted molar refractivity (Wildman–Crippen MR) is 25.5 cm³/mol. The van der Waals surface area contributed by atoms with Crippen LogP contribution in [-0.4, -0.2) is 44.3 Å². The first kappa shape index (κ1) is 6.85. The average Bonchev–Trinajstić information content (AvgIpc) is 1.36. The fourth-order valence-corrected chi connectivity index (χ4v) is 0. The highest BCUT2D eigenvalue weighted by Gasteiger charge is 1.99. The van der Waals surface area contributed by atoms with E-state index in [9.17, 15) is 0 Å². The Kier molecular flexibility index (Phi) is 3.34. The summed E-state index contributed by atoms with van der Waals surface area (Å²) in [6, 6.07) is 0. The van der Waals surface area contributed by atoms with Crippen LogP contribution in [0, 0.1) is 0 Å². The summed E-state index contributed by atoms with van der Waals surface area (Å²) >= 11 is 2.19. The van der Waals surface area contributed by atoms with Gasteiger partial charge in [-0.1, -0.05) is 0 Å². The van der Waals surface area contributed by atoms with E-state index in [4.69, 9.17) is 10.2 Å². The quantitative estimate of drug-likeness (QED) is 0.382. The fourth-order valence-electron chi connectivity index (χ4n) is 0. The largest absolute Gasteiger partial charge is 0.414 e. The van der Waals surface area contributed by atoms with Gasteiger partial charge in [-0.15, -0.1) is 0 Å². The molecule has 0 atom stereocenters. The molecular weight excluding hydrogens is 127 g/mol. The minimum Gasteiger partial charge on any atom is -0.414 e. The molecule has 0 heterocycles. The van der Waals surface area contributed by atoms with Gasteiger partial charge in [0.2, 0.25) is 16.5 Å². The highest BCUT2D eigenvalue weighted by atomic mass is 28.3. The van der Waals surface area contributed by atoms with Crippen molar-refractivity contribution < 1.29 is 4.80 Å². The fraction of sp³-hybridized carbons (Fsp3) is 0. The summed E-state index contributed by atoms with van der Waals surface area (Å²) in [4.78, 5) is 8.37. The van der Waals surface area contributed by atoms with Gasteiger partial charge >= 0.3 is 9.36 Å². The first-order chi connectivity index (χ1) is 2.64. The van der Waals surface area contributed by atoms with Crippen LogP contribution in [0.4, 0.5) is 0 Å². The minimum atomic E-state index is -1.74. The summed E-state index contributed by atoms with van der Waals surface area (Å²) in [7, 11) is 1.21. The zero-order valence-electron chi connectivity index (χ0n) is 3.05. The molecule has 0 saturated carbocycles. The molecule has 0 spiro atoms. The second-order valence-corrected chi connectivity index (χ2v) is 4.40. The molecule has 0 aliphatic carbocycles. The lowest BCUT2D eigenvalue weighted by atomic mass is 13.8. The van der Waals surface area contributed by atoms with Gasteiger partial charge in [-0.3, -0.25) is 0 Å². The van der Waals surface area contributed by atoms with Crippen molar-refractivity contribution in [1.29, 1.82) is 0 Å². The van der Waals surface area contributed by atoms with E-state index in [1.807, 2.05) is 0 Å². The maximum Gasteiger partial charge on any atom is 0.367 e. The summed E-state index contributed by atoms with van der Waals surface area (Å²) in [5.74, 6) is 0. The van der Waals surface area contributed by atoms with Crippen molar-refractivity contribution in [2.24, 2.45) is 5.40 Å². The SMILES string of the molecule is N[Si](O)[N]([Al])[Si]. The van der Waals surface area contributed by atoms with Crippen LogP contribution in [0.25, 0.3) is 0 Å². The van der Waals surface area contributed by atoms with Crippen molar-refractivity contribution in [1.82, 2.24) is 3.21 Å². The number of nitrogens with two attached hydrogens (primary N) is 1. The second-order valence-electron chi connectivity index (χ2n) is 0.728. The standard InChI is InChI=1S/Al.H3N2OSi2/c;1-5(3)2-4/h;3H,1H2/q+1;-1. The van der Waals surface area contributed by atoms with E-state index in [1.54, 1.807) is 0 Å². The summed E-state index contributed by atoms with van der Waals surface area (Å²) in [6.07, 6.45) is 0. The summed E-state index contributed by atoms with van der Waals surface area (Å²) in [5.41, 5.74) is 0. The molecule has 0 amide bonds. The van der Waals surface area contributed by atoms with E-state index in [-0.39, 0.29) is 0 Å². The Balaban J connectivity index is 2.99. The van der Waals surface area contributed by atoms with Gasteiger partial charge in [0.05, 0.1) is 0 Å². The Bertz CT molecular complexity index is 32.5. The lowest BCUT2D eigenvalue weighted by Crippen LogP contribution is -2.43. The van der Waals surface area contributed by atoms with E-state index < -0.39 is 9.36 Å². The molecule has 6 radical (unpaired) electrons. The van der Waals surface area contributed by atoms with Gasteiger partial charge in [-0.25, -0.2) is 0 Å². The number of hydrogen-bond acceptors (Lipinski definition) is 3. The molecule has 0 aliphatic rings. The minimum absolute atomic E-state index is 1.32. The van der Waals surface area contributed by atoms with Crippen LogP contribution in [0.5, 0.6) is 0 Å². The maximum absolute atomic E-state index is 8.37. The van der Waals surface area contributed by atoms with Gasteiger partial charge in [-0.2, -0.15) is 0 Å². The van der Waals surface area contributed by atoms with Crippen LogP contribution in [-0.2, 0) is 0 Å². The molecule has 30 valence electrons. The number of nitrogens with zero attached hydrogens (tertiary/aromatic N) is 1. The van der Waals surface area contributed by atoms with Crippen molar-refractivity contribution >= 4 is 36.3 Å². The monoisotopic (exact) mass is 130 g/mol. The highest BCUT2D eigenvalue weighted by Crippen LogP contribution is 1.61. The normalized spacial score (nSPS) is 10.8. The molecule has 6 heavy (non-hydrogen) atoms. The third-order valence-corrected chi connectivity index (χ3v) is 2.22. The smallest absolute Gasteiger partial charge is 0.367 e. The first-order valence-corrected chi connectivity index (χ1v) is 3.65. The van der Waals surface area contributed by atoms with E-state index in [2.05, 4.69) is 26.9 Å². The van der Waals surface area contributed by atoms with Crippen molar-refractivity contribution in [3.63, 3.8) is 0 Å². The van der Waals surface area contributed by atoms with Crippen molar-refractivity contribution in [2.45, 2.75) is 0 Å². The lowest BCUT2D eigenvalue weighted by molar-refractivity contribution is 0.542. The Morgan fingerprint density at radius 2 is 2.17 bits per heavy atom. The Morgan fingerprint density at radius 1 is 2.00 bits per heavy atom.